The molecule has 2 aromatic rings. The van der Waals surface area contributed by atoms with Crippen LogP contribution in [0, 0.1) is 0 Å². The summed E-state index contributed by atoms with van der Waals surface area (Å²) in [7, 11) is 0. The van der Waals surface area contributed by atoms with Crippen LogP contribution in [0.1, 0.15) is 16.1 Å². The second kappa shape index (κ2) is 5.20. The van der Waals surface area contributed by atoms with Gasteiger partial charge in [0.25, 0.3) is 0 Å². The molecule has 7 heteroatoms. The van der Waals surface area contributed by atoms with Gasteiger partial charge in [0.05, 0.1) is 5.56 Å². The molecule has 0 aliphatic heterocycles. The third-order valence-corrected chi connectivity index (χ3v) is 2.37. The van der Waals surface area contributed by atoms with Crippen LogP contribution in [0.15, 0.2) is 42.6 Å². The van der Waals surface area contributed by atoms with Gasteiger partial charge in [-0.25, -0.2) is 9.78 Å². The Hall–Kier alpha value is -2.57. The minimum absolute atomic E-state index is 0.167. The maximum Gasteiger partial charge on any atom is 0.416 e. The second-order valence-corrected chi connectivity index (χ2v) is 3.81. The summed E-state index contributed by atoms with van der Waals surface area (Å²) in [4.78, 5) is 14.3. The van der Waals surface area contributed by atoms with E-state index in [9.17, 15) is 18.0 Å². The number of carboxylic acid groups (broad SMARTS) is 1. The number of hydrogen-bond donors (Lipinski definition) is 1. The van der Waals surface area contributed by atoms with Crippen LogP contribution < -0.4 is 4.74 Å². The van der Waals surface area contributed by atoms with Crippen LogP contribution in [-0.4, -0.2) is 16.1 Å². The molecule has 2 rings (SSSR count). The molecule has 0 bridgehead atoms. The highest BCUT2D eigenvalue weighted by Crippen LogP contribution is 2.31. The Kier molecular flexibility index (Phi) is 3.60. The van der Waals surface area contributed by atoms with E-state index in [4.69, 9.17) is 9.84 Å². The fraction of sp³-hybridized carbons (Fsp3) is 0.0769. The zero-order valence-electron chi connectivity index (χ0n) is 9.89. The van der Waals surface area contributed by atoms with Gasteiger partial charge >= 0.3 is 12.1 Å². The number of ether oxygens (including phenoxy) is 1. The average molecular weight is 283 g/mol. The van der Waals surface area contributed by atoms with Gasteiger partial charge in [-0.15, -0.1) is 0 Å². The molecule has 0 atom stereocenters. The first-order valence-corrected chi connectivity index (χ1v) is 5.41. The fourth-order valence-corrected chi connectivity index (χ4v) is 1.44. The molecular formula is C13H8F3NO3. The monoisotopic (exact) mass is 283 g/mol. The Balaban J connectivity index is 2.18. The van der Waals surface area contributed by atoms with E-state index >= 15 is 0 Å². The van der Waals surface area contributed by atoms with Crippen molar-refractivity contribution in [1.82, 2.24) is 4.98 Å². The van der Waals surface area contributed by atoms with E-state index in [0.29, 0.717) is 0 Å². The topological polar surface area (TPSA) is 59.4 Å². The highest BCUT2D eigenvalue weighted by Gasteiger charge is 2.30. The Bertz CT molecular complexity index is 624. The number of benzene rings is 1. The fourth-order valence-electron chi connectivity index (χ4n) is 1.44. The number of aromatic carboxylic acids is 1. The summed E-state index contributed by atoms with van der Waals surface area (Å²) in [6, 6.07) is 6.67. The lowest BCUT2D eigenvalue weighted by Crippen LogP contribution is -2.04. The molecular weight excluding hydrogens is 275 g/mol. The van der Waals surface area contributed by atoms with Crippen molar-refractivity contribution in [2.24, 2.45) is 0 Å². The van der Waals surface area contributed by atoms with Crippen molar-refractivity contribution in [3.05, 3.63) is 53.9 Å². The normalized spacial score (nSPS) is 11.2. The number of aromatic nitrogens is 1. The number of hydrogen-bond acceptors (Lipinski definition) is 3. The highest BCUT2D eigenvalue weighted by molar-refractivity contribution is 5.85. The van der Waals surface area contributed by atoms with Crippen LogP contribution >= 0.6 is 0 Å². The second-order valence-electron chi connectivity index (χ2n) is 3.81. The summed E-state index contributed by atoms with van der Waals surface area (Å²) in [6.45, 7) is 0. The molecule has 4 nitrogen and oxygen atoms in total. The summed E-state index contributed by atoms with van der Waals surface area (Å²) in [5, 5.41) is 8.76. The summed E-state index contributed by atoms with van der Waals surface area (Å²) >= 11 is 0. The van der Waals surface area contributed by atoms with Crippen LogP contribution in [0.2, 0.25) is 0 Å². The van der Waals surface area contributed by atoms with Crippen molar-refractivity contribution in [1.29, 1.82) is 0 Å². The van der Waals surface area contributed by atoms with Gasteiger partial charge in [-0.2, -0.15) is 13.2 Å². The Labute approximate surface area is 111 Å². The van der Waals surface area contributed by atoms with Gasteiger partial charge in [0.1, 0.15) is 11.5 Å². The molecule has 0 radical (unpaired) electrons. The lowest BCUT2D eigenvalue weighted by molar-refractivity contribution is -0.137. The molecule has 1 heterocycles. The lowest BCUT2D eigenvalue weighted by atomic mass is 10.2. The average Bonchev–Trinajstić information content (AvgIpc) is 2.38. The number of rotatable bonds is 3. The maximum absolute atomic E-state index is 12.4. The van der Waals surface area contributed by atoms with Crippen molar-refractivity contribution in [3.63, 3.8) is 0 Å². The smallest absolute Gasteiger partial charge is 0.416 e. The molecule has 1 aromatic carbocycles. The molecule has 0 saturated carbocycles. The van der Waals surface area contributed by atoms with Gasteiger partial charge in [-0.1, -0.05) is 0 Å². The number of carbonyl (C=O) groups is 1. The van der Waals surface area contributed by atoms with E-state index in [2.05, 4.69) is 4.98 Å². The van der Waals surface area contributed by atoms with Gasteiger partial charge in [0.15, 0.2) is 5.69 Å². The predicted octanol–water partition coefficient (Wildman–Crippen LogP) is 3.59. The van der Waals surface area contributed by atoms with E-state index < -0.39 is 17.7 Å². The molecule has 104 valence electrons. The van der Waals surface area contributed by atoms with E-state index in [1.807, 2.05) is 0 Å². The van der Waals surface area contributed by atoms with Crippen LogP contribution in [-0.2, 0) is 6.18 Å². The quantitative estimate of drug-likeness (QED) is 0.935. The summed E-state index contributed by atoms with van der Waals surface area (Å²) in [6.07, 6.45) is -3.17. The van der Waals surface area contributed by atoms with Crippen molar-refractivity contribution in [3.8, 4) is 11.5 Å². The molecule has 0 spiro atoms. The van der Waals surface area contributed by atoms with Gasteiger partial charge in [-0.05, 0) is 30.3 Å². The van der Waals surface area contributed by atoms with Gasteiger partial charge in [0.2, 0.25) is 0 Å². The van der Waals surface area contributed by atoms with E-state index in [1.165, 1.54) is 18.3 Å². The number of alkyl halides is 3. The lowest BCUT2D eigenvalue weighted by Gasteiger charge is -2.09. The first-order valence-electron chi connectivity index (χ1n) is 5.41. The number of pyridine rings is 1. The van der Waals surface area contributed by atoms with Crippen molar-refractivity contribution in [2.45, 2.75) is 6.18 Å². The number of nitrogens with zero attached hydrogens (tertiary/aromatic N) is 1. The van der Waals surface area contributed by atoms with Crippen LogP contribution in [0.25, 0.3) is 0 Å². The standard InChI is InChI=1S/C13H8F3NO3/c14-13(15,16)8-1-3-9(4-2-8)20-10-5-6-17-11(7-10)12(18)19/h1-7H,(H,18,19). The molecule has 0 unspecified atom stereocenters. The Morgan fingerprint density at radius 2 is 1.75 bits per heavy atom. The minimum atomic E-state index is -4.41. The number of halogens is 3. The zero-order valence-corrected chi connectivity index (χ0v) is 9.89. The predicted molar refractivity (Wildman–Crippen MR) is 62.7 cm³/mol. The van der Waals surface area contributed by atoms with Gasteiger partial charge in [-0.3, -0.25) is 0 Å². The Morgan fingerprint density at radius 3 is 2.30 bits per heavy atom. The Morgan fingerprint density at radius 1 is 1.10 bits per heavy atom. The van der Waals surface area contributed by atoms with Gasteiger partial charge < -0.3 is 9.84 Å². The molecule has 0 fully saturated rings. The van der Waals surface area contributed by atoms with Gasteiger partial charge in [0, 0.05) is 12.3 Å². The third-order valence-electron chi connectivity index (χ3n) is 2.37. The summed E-state index contributed by atoms with van der Waals surface area (Å²) < 4.78 is 42.4. The summed E-state index contributed by atoms with van der Waals surface area (Å²) in [5.74, 6) is -0.874. The van der Waals surface area contributed by atoms with Crippen LogP contribution in [0.4, 0.5) is 13.2 Å². The van der Waals surface area contributed by atoms with Crippen molar-refractivity contribution in [2.75, 3.05) is 0 Å². The first-order chi connectivity index (χ1) is 9.36. The first kappa shape index (κ1) is 13.9. The SMILES string of the molecule is O=C(O)c1cc(Oc2ccc(C(F)(F)F)cc2)ccn1. The van der Waals surface area contributed by atoms with E-state index in [0.717, 1.165) is 24.3 Å². The number of carboxylic acids is 1. The van der Waals surface area contributed by atoms with Crippen molar-refractivity contribution < 1.29 is 27.8 Å². The largest absolute Gasteiger partial charge is 0.477 e. The molecule has 1 aromatic heterocycles. The van der Waals surface area contributed by atoms with E-state index in [1.54, 1.807) is 0 Å². The van der Waals surface area contributed by atoms with E-state index in [-0.39, 0.29) is 17.2 Å². The zero-order chi connectivity index (χ0) is 14.8. The van der Waals surface area contributed by atoms with Crippen LogP contribution in [0.5, 0.6) is 11.5 Å². The molecule has 0 amide bonds. The molecule has 0 aliphatic rings. The summed E-state index contributed by atoms with van der Waals surface area (Å²) in [5.41, 5.74) is -1.000. The highest BCUT2D eigenvalue weighted by atomic mass is 19.4. The van der Waals surface area contributed by atoms with Crippen molar-refractivity contribution >= 4 is 5.97 Å². The third kappa shape index (κ3) is 3.25. The van der Waals surface area contributed by atoms with Crippen LogP contribution in [0.3, 0.4) is 0 Å². The molecule has 20 heavy (non-hydrogen) atoms. The maximum atomic E-state index is 12.4. The molecule has 1 N–H and O–H groups in total. The molecule has 0 aliphatic carbocycles. The minimum Gasteiger partial charge on any atom is -0.477 e. The molecule has 0 saturated heterocycles.